The monoisotopic (exact) mass is 403 g/mol. The van der Waals surface area contributed by atoms with Gasteiger partial charge in [0, 0.05) is 50.3 Å². The first-order valence-corrected chi connectivity index (χ1v) is 10.8. The molecule has 1 N–H and O–H groups in total. The summed E-state index contributed by atoms with van der Waals surface area (Å²) in [4.78, 5) is 19.6. The highest BCUT2D eigenvalue weighted by atomic mass is 16.5. The predicted octanol–water partition coefficient (Wildman–Crippen LogP) is 3.23. The molecule has 0 aromatic rings. The zero-order chi connectivity index (χ0) is 20.4. The number of rotatable bonds is 2. The Morgan fingerprint density at radius 2 is 2.00 bits per heavy atom. The molecule has 0 saturated carbocycles. The van der Waals surface area contributed by atoms with Crippen LogP contribution in [0.1, 0.15) is 46.0 Å². The van der Waals surface area contributed by atoms with Crippen LogP contribution in [0.2, 0.25) is 0 Å². The van der Waals surface area contributed by atoms with Crippen LogP contribution < -0.4 is 5.32 Å². The van der Waals surface area contributed by atoms with Gasteiger partial charge in [-0.15, -0.1) is 0 Å². The van der Waals surface area contributed by atoms with E-state index < -0.39 is 0 Å². The fraction of sp³-hybridized carbons (Fsp3) is 0.727. The molecule has 1 atom stereocenters. The molecule has 4 aliphatic rings. The number of amidine groups is 1. The van der Waals surface area contributed by atoms with Crippen molar-refractivity contribution in [1.29, 1.82) is 0 Å². The summed E-state index contributed by atoms with van der Waals surface area (Å²) in [5.74, 6) is 2.05. The molecular weight excluding hydrogens is 370 g/mol. The Morgan fingerprint density at radius 1 is 1.21 bits per heavy atom. The van der Waals surface area contributed by atoms with E-state index in [4.69, 9.17) is 19.2 Å². The Kier molecular flexibility index (Phi) is 5.97. The van der Waals surface area contributed by atoms with Crippen LogP contribution in [-0.2, 0) is 14.2 Å². The Labute approximate surface area is 173 Å². The lowest BCUT2D eigenvalue weighted by atomic mass is 9.87. The number of carbonyl (C=O) groups is 1. The molecule has 0 aromatic heterocycles. The number of ether oxygens (including phenoxy) is 3. The van der Waals surface area contributed by atoms with E-state index in [1.54, 1.807) is 7.11 Å². The third kappa shape index (κ3) is 4.21. The third-order valence-electron chi connectivity index (χ3n) is 6.98. The maximum absolute atomic E-state index is 12.9. The second-order valence-electron chi connectivity index (χ2n) is 8.80. The van der Waals surface area contributed by atoms with Gasteiger partial charge < -0.3 is 19.1 Å². The molecule has 7 heteroatoms. The number of nitrogens with zero attached hydrogens (tertiary/aromatic N) is 2. The fourth-order valence-electron chi connectivity index (χ4n) is 4.91. The van der Waals surface area contributed by atoms with Gasteiger partial charge in [0.25, 0.3) is 0 Å². The Hall–Kier alpha value is -1.86. The normalized spacial score (nSPS) is 31.3. The highest BCUT2D eigenvalue weighted by Crippen LogP contribution is 2.38. The standard InChI is InChI=1S/C22H33N3O4/c1-15(17-4-9-28-10-5-17)20-18(16(2)27-3)12-19(23-20)24-21(26)25-8-6-22(13-25)7-11-29-14-22/h17H,4-14H2,1-3H3,(H,23,24,26)/b18-16+,20-15-/t22-/m0/s1. The van der Waals surface area contributed by atoms with E-state index in [0.717, 1.165) is 82.2 Å². The fourth-order valence-corrected chi connectivity index (χ4v) is 4.91. The van der Waals surface area contributed by atoms with E-state index in [0.29, 0.717) is 18.2 Å². The largest absolute Gasteiger partial charge is 0.501 e. The Bertz CT molecular complexity index is 743. The van der Waals surface area contributed by atoms with Crippen LogP contribution in [0.5, 0.6) is 0 Å². The summed E-state index contributed by atoms with van der Waals surface area (Å²) >= 11 is 0. The van der Waals surface area contributed by atoms with Crippen LogP contribution >= 0.6 is 0 Å². The number of methoxy groups -OCH3 is 1. The molecule has 7 nitrogen and oxygen atoms in total. The summed E-state index contributed by atoms with van der Waals surface area (Å²) in [5, 5.41) is 3.07. The average molecular weight is 404 g/mol. The van der Waals surface area contributed by atoms with Crippen molar-refractivity contribution in [3.8, 4) is 0 Å². The molecule has 29 heavy (non-hydrogen) atoms. The molecule has 1 spiro atoms. The van der Waals surface area contributed by atoms with Gasteiger partial charge in [-0.25, -0.2) is 9.79 Å². The molecule has 0 aromatic carbocycles. The van der Waals surface area contributed by atoms with E-state index in [1.165, 1.54) is 5.57 Å². The summed E-state index contributed by atoms with van der Waals surface area (Å²) in [7, 11) is 1.69. The molecule has 2 amide bonds. The average Bonchev–Trinajstić information content (AvgIpc) is 3.48. The Morgan fingerprint density at radius 3 is 2.69 bits per heavy atom. The van der Waals surface area contributed by atoms with Gasteiger partial charge in [0.15, 0.2) is 0 Å². The number of amides is 2. The van der Waals surface area contributed by atoms with Gasteiger partial charge in [-0.1, -0.05) is 0 Å². The van der Waals surface area contributed by atoms with Crippen molar-refractivity contribution in [1.82, 2.24) is 10.2 Å². The van der Waals surface area contributed by atoms with Crippen molar-refractivity contribution >= 4 is 11.9 Å². The minimum Gasteiger partial charge on any atom is -0.501 e. The summed E-state index contributed by atoms with van der Waals surface area (Å²) in [5.41, 5.74) is 3.49. The van der Waals surface area contributed by atoms with E-state index in [-0.39, 0.29) is 11.4 Å². The van der Waals surface area contributed by atoms with Crippen molar-refractivity contribution in [2.24, 2.45) is 16.3 Å². The van der Waals surface area contributed by atoms with E-state index in [1.807, 2.05) is 11.8 Å². The number of hydrogen-bond donors (Lipinski definition) is 1. The number of likely N-dealkylation sites (tertiary alicyclic amines) is 1. The van der Waals surface area contributed by atoms with Crippen LogP contribution in [0.4, 0.5) is 4.79 Å². The van der Waals surface area contributed by atoms with Gasteiger partial charge >= 0.3 is 6.03 Å². The molecule has 0 unspecified atom stereocenters. The number of hydrogen-bond acceptors (Lipinski definition) is 5. The molecule has 4 rings (SSSR count). The van der Waals surface area contributed by atoms with Gasteiger partial charge in [-0.3, -0.25) is 5.32 Å². The number of urea groups is 1. The van der Waals surface area contributed by atoms with Crippen LogP contribution in [0, 0.1) is 11.3 Å². The lowest BCUT2D eigenvalue weighted by Gasteiger charge is -2.24. The molecule has 3 fully saturated rings. The molecule has 0 aliphatic carbocycles. The quantitative estimate of drug-likeness (QED) is 0.719. The first-order valence-electron chi connectivity index (χ1n) is 10.8. The van der Waals surface area contributed by atoms with Crippen LogP contribution in [0.15, 0.2) is 27.6 Å². The zero-order valence-electron chi connectivity index (χ0n) is 17.9. The molecule has 0 radical (unpaired) electrons. The lowest BCUT2D eigenvalue weighted by Crippen LogP contribution is -2.42. The van der Waals surface area contributed by atoms with Crippen molar-refractivity contribution in [2.45, 2.75) is 46.0 Å². The maximum Gasteiger partial charge on any atom is 0.322 e. The van der Waals surface area contributed by atoms with Crippen molar-refractivity contribution in [3.05, 3.63) is 22.6 Å². The first kappa shape index (κ1) is 20.4. The van der Waals surface area contributed by atoms with Gasteiger partial charge in [0.2, 0.25) is 0 Å². The summed E-state index contributed by atoms with van der Waals surface area (Å²) in [6, 6.07) is -0.0492. The minimum atomic E-state index is -0.0492. The van der Waals surface area contributed by atoms with E-state index in [2.05, 4.69) is 12.2 Å². The van der Waals surface area contributed by atoms with Gasteiger partial charge in [0.1, 0.15) is 5.84 Å². The Balaban J connectivity index is 1.49. The van der Waals surface area contributed by atoms with Crippen molar-refractivity contribution < 1.29 is 19.0 Å². The van der Waals surface area contributed by atoms with Gasteiger partial charge in [-0.2, -0.15) is 0 Å². The molecule has 4 aliphatic heterocycles. The first-order chi connectivity index (χ1) is 14.0. The highest BCUT2D eigenvalue weighted by molar-refractivity contribution is 6.01. The number of allylic oxidation sites excluding steroid dienone is 3. The second-order valence-corrected chi connectivity index (χ2v) is 8.80. The van der Waals surface area contributed by atoms with Crippen molar-refractivity contribution in [2.75, 3.05) is 46.6 Å². The molecule has 3 saturated heterocycles. The number of aliphatic imine (C=N–C) groups is 1. The minimum absolute atomic E-state index is 0.0492. The maximum atomic E-state index is 12.9. The molecule has 160 valence electrons. The third-order valence-corrected chi connectivity index (χ3v) is 6.98. The smallest absolute Gasteiger partial charge is 0.322 e. The summed E-state index contributed by atoms with van der Waals surface area (Å²) in [6.07, 6.45) is 4.71. The van der Waals surface area contributed by atoms with Crippen LogP contribution in [-0.4, -0.2) is 63.4 Å². The van der Waals surface area contributed by atoms with Crippen LogP contribution in [0.25, 0.3) is 0 Å². The molecule has 0 bridgehead atoms. The van der Waals surface area contributed by atoms with E-state index in [9.17, 15) is 4.79 Å². The van der Waals surface area contributed by atoms with Gasteiger partial charge in [-0.05, 0) is 51.0 Å². The SMILES string of the molecule is CO/C(C)=C1\CC(NC(=O)N2CC[C@]3(CCOC3)C2)=N\C1=C(\C)C1CCOCC1. The van der Waals surface area contributed by atoms with Crippen LogP contribution in [0.3, 0.4) is 0 Å². The summed E-state index contributed by atoms with van der Waals surface area (Å²) in [6.45, 7) is 8.86. The zero-order valence-corrected chi connectivity index (χ0v) is 17.9. The second kappa shape index (κ2) is 8.48. The predicted molar refractivity (Wildman–Crippen MR) is 111 cm³/mol. The number of nitrogens with one attached hydrogen (secondary N) is 1. The molecule has 4 heterocycles. The lowest BCUT2D eigenvalue weighted by molar-refractivity contribution is 0.0755. The van der Waals surface area contributed by atoms with Crippen molar-refractivity contribution in [3.63, 3.8) is 0 Å². The van der Waals surface area contributed by atoms with E-state index >= 15 is 0 Å². The van der Waals surface area contributed by atoms with Gasteiger partial charge in [0.05, 0.1) is 25.2 Å². The highest BCUT2D eigenvalue weighted by Gasteiger charge is 2.43. The molecular formula is C22H33N3O4. The summed E-state index contributed by atoms with van der Waals surface area (Å²) < 4.78 is 16.6. The number of carbonyl (C=O) groups excluding carboxylic acids is 1. The topological polar surface area (TPSA) is 72.4 Å².